The zero-order valence-electron chi connectivity index (χ0n) is 39.4. The van der Waals surface area contributed by atoms with E-state index < -0.39 is 6.10 Å². The molecule has 350 valence electrons. The summed E-state index contributed by atoms with van der Waals surface area (Å²) in [4.78, 5) is 13.2. The molecular weight excluding hydrogens is 731 g/mol. The average molecular weight is 832 g/mol. The van der Waals surface area contributed by atoms with Gasteiger partial charge >= 0.3 is 0 Å². The van der Waals surface area contributed by atoms with Crippen LogP contribution in [0.5, 0.6) is 0 Å². The van der Waals surface area contributed by atoms with Crippen molar-refractivity contribution in [3.05, 3.63) is 0 Å². The number of unbranched alkanes of at least 4 members (excludes halogenated alkanes) is 21. The number of carbonyl (C=O) groups excluding carboxylic acids is 1. The fourth-order valence-electron chi connectivity index (χ4n) is 7.61. The summed E-state index contributed by atoms with van der Waals surface area (Å²) in [5.74, 6) is -0.164. The third-order valence-corrected chi connectivity index (χ3v) is 11.7. The molecule has 1 heterocycles. The number of carbonyl (C=O) groups is 1. The first-order chi connectivity index (χ1) is 27.8. The Labute approximate surface area is 359 Å². The van der Waals surface area contributed by atoms with Gasteiger partial charge in [0, 0.05) is 19.0 Å². The summed E-state index contributed by atoms with van der Waals surface area (Å²) in [7, 11) is 2.10. The molecule has 1 amide bonds. The minimum atomic E-state index is -0.431. The lowest BCUT2D eigenvalue weighted by Gasteiger charge is -2.30. The summed E-state index contributed by atoms with van der Waals surface area (Å²) in [6, 6.07) is -0.223. The normalized spacial score (nSPS) is 17.7. The summed E-state index contributed by atoms with van der Waals surface area (Å²) >= 11 is 0. The van der Waals surface area contributed by atoms with Gasteiger partial charge in [0.2, 0.25) is 5.91 Å². The first-order valence-electron chi connectivity index (χ1n) is 24.4. The summed E-state index contributed by atoms with van der Waals surface area (Å²) < 4.78 is 5.77. The minimum Gasteiger partial charge on any atom is -0.395 e. The summed E-state index contributed by atoms with van der Waals surface area (Å²) in [5, 5.41) is 50.2. The van der Waals surface area contributed by atoms with E-state index in [1.54, 1.807) is 0 Å². The van der Waals surface area contributed by atoms with Crippen molar-refractivity contribution in [2.24, 2.45) is 5.73 Å². The van der Waals surface area contributed by atoms with Gasteiger partial charge in [-0.25, -0.2) is 0 Å². The molecule has 10 nitrogen and oxygen atoms in total. The van der Waals surface area contributed by atoms with Crippen molar-refractivity contribution >= 4 is 5.91 Å². The van der Waals surface area contributed by atoms with E-state index in [1.807, 2.05) is 0 Å². The predicted molar refractivity (Wildman–Crippen MR) is 245 cm³/mol. The Balaban J connectivity index is 0. The molecule has 8 N–H and O–H groups in total. The van der Waals surface area contributed by atoms with Crippen LogP contribution >= 0.6 is 0 Å². The molecule has 0 aromatic rings. The van der Waals surface area contributed by atoms with E-state index in [0.29, 0.717) is 18.9 Å². The quantitative estimate of drug-likeness (QED) is 0.0304. The van der Waals surface area contributed by atoms with Crippen molar-refractivity contribution < 1.29 is 35.1 Å². The maximum Gasteiger partial charge on any atom is 0.217 e. The Hall–Kier alpha value is -0.850. The molecule has 1 aliphatic heterocycles. The molecule has 10 heteroatoms. The number of likely N-dealkylation sites (N-methyl/N-ethyl adjacent to an activating group) is 1. The van der Waals surface area contributed by atoms with Crippen LogP contribution in [0.25, 0.3) is 0 Å². The molecule has 0 aromatic heterocycles. The Kier molecular flexibility index (Phi) is 42.4. The highest BCUT2D eigenvalue weighted by molar-refractivity contribution is 5.73. The standard InChI is InChI=1S/C18H37NO2.C16H33NO3.C14H31NO2/c1-5-6-7-8-9-10-11-12-13-17(20)14-16-15-21-18(2,3)19(16)4;1-3-4-5-6-7-8-9-10-11-16(20)12-15(13-18)17-14(2)19;1-2-3-4-5-6-7-8-9-10-14(17)11-13(15)12-16/h16-17,20H,5-15H2,1-4H3;15-16,18,20H,3-13H2,1-2H3,(H,17,19);13-14,16-17H,2-12,15H2,1H3. The average Bonchev–Trinajstić information content (AvgIpc) is 3.44. The van der Waals surface area contributed by atoms with Crippen LogP contribution in [0, 0.1) is 0 Å². The molecule has 0 aliphatic carbocycles. The summed E-state index contributed by atoms with van der Waals surface area (Å²) in [6.07, 6.45) is 34.3. The van der Waals surface area contributed by atoms with Crippen molar-refractivity contribution in [3.63, 3.8) is 0 Å². The molecule has 6 unspecified atom stereocenters. The van der Waals surface area contributed by atoms with Gasteiger partial charge in [0.25, 0.3) is 0 Å². The van der Waals surface area contributed by atoms with Gasteiger partial charge in [0.05, 0.1) is 44.2 Å². The Morgan fingerprint density at radius 2 is 1.00 bits per heavy atom. The van der Waals surface area contributed by atoms with Crippen molar-refractivity contribution in [1.29, 1.82) is 0 Å². The Morgan fingerprint density at radius 3 is 1.33 bits per heavy atom. The first-order valence-corrected chi connectivity index (χ1v) is 24.4. The first kappa shape index (κ1) is 59.2. The topological polar surface area (TPSA) is 169 Å². The third kappa shape index (κ3) is 38.1. The van der Waals surface area contributed by atoms with Gasteiger partial charge in [0.1, 0.15) is 5.72 Å². The molecule has 1 rings (SSSR count). The number of hydrogen-bond donors (Lipinski definition) is 7. The van der Waals surface area contributed by atoms with E-state index in [0.717, 1.165) is 58.0 Å². The smallest absolute Gasteiger partial charge is 0.217 e. The number of aliphatic hydroxyl groups excluding tert-OH is 5. The second-order valence-electron chi connectivity index (χ2n) is 18.0. The van der Waals surface area contributed by atoms with E-state index in [4.69, 9.17) is 20.7 Å². The van der Waals surface area contributed by atoms with Crippen LogP contribution in [0.2, 0.25) is 0 Å². The SMILES string of the molecule is CCCCCCCCCCC(O)CC(CO)NC(C)=O.CCCCCCCCCCC(O)CC(N)CO.CCCCCCCCCCC(O)CC1COC(C)(C)N1C. The van der Waals surface area contributed by atoms with Crippen LogP contribution in [0.4, 0.5) is 0 Å². The van der Waals surface area contributed by atoms with Crippen LogP contribution in [0.15, 0.2) is 0 Å². The third-order valence-electron chi connectivity index (χ3n) is 11.7. The number of nitrogens with zero attached hydrogens (tertiary/aromatic N) is 1. The van der Waals surface area contributed by atoms with Gasteiger partial charge in [-0.1, -0.05) is 175 Å². The lowest BCUT2D eigenvalue weighted by Crippen LogP contribution is -2.41. The Morgan fingerprint density at radius 1 is 0.638 bits per heavy atom. The molecule has 0 saturated carbocycles. The fourth-order valence-corrected chi connectivity index (χ4v) is 7.61. The van der Waals surface area contributed by atoms with E-state index in [1.165, 1.54) is 135 Å². The molecular formula is C48H101N3O7. The van der Waals surface area contributed by atoms with E-state index >= 15 is 0 Å². The van der Waals surface area contributed by atoms with Crippen molar-refractivity contribution in [2.45, 2.75) is 276 Å². The molecule has 0 spiro atoms. The predicted octanol–water partition coefficient (Wildman–Crippen LogP) is 9.69. The van der Waals surface area contributed by atoms with Crippen molar-refractivity contribution in [1.82, 2.24) is 10.2 Å². The molecule has 0 bridgehead atoms. The number of ether oxygens (including phenoxy) is 1. The highest BCUT2D eigenvalue weighted by Crippen LogP contribution is 2.28. The lowest BCUT2D eigenvalue weighted by molar-refractivity contribution is -0.120. The van der Waals surface area contributed by atoms with E-state index in [-0.39, 0.29) is 49.1 Å². The number of rotatable bonds is 36. The highest BCUT2D eigenvalue weighted by Gasteiger charge is 2.38. The maximum absolute atomic E-state index is 10.9. The molecule has 6 atom stereocenters. The van der Waals surface area contributed by atoms with Crippen molar-refractivity contribution in [3.8, 4) is 0 Å². The molecule has 58 heavy (non-hydrogen) atoms. The molecule has 1 aliphatic rings. The minimum absolute atomic E-state index is 0.0332. The molecule has 0 radical (unpaired) electrons. The van der Waals surface area contributed by atoms with Gasteiger partial charge in [0.15, 0.2) is 0 Å². The molecule has 1 saturated heterocycles. The zero-order chi connectivity index (χ0) is 43.9. The van der Waals surface area contributed by atoms with Crippen LogP contribution in [0.3, 0.4) is 0 Å². The molecule has 1 fully saturated rings. The van der Waals surface area contributed by atoms with Crippen molar-refractivity contribution in [2.75, 3.05) is 26.9 Å². The van der Waals surface area contributed by atoms with Crippen LogP contribution in [-0.2, 0) is 9.53 Å². The van der Waals surface area contributed by atoms with E-state index in [2.05, 4.69) is 51.9 Å². The van der Waals surface area contributed by atoms with Gasteiger partial charge in [-0.2, -0.15) is 0 Å². The maximum atomic E-state index is 10.9. The van der Waals surface area contributed by atoms with Gasteiger partial charge in [-0.05, 0) is 59.4 Å². The van der Waals surface area contributed by atoms with Gasteiger partial charge in [-0.15, -0.1) is 0 Å². The number of amides is 1. The lowest BCUT2D eigenvalue weighted by atomic mass is 10.0. The summed E-state index contributed by atoms with van der Waals surface area (Å²) in [5.41, 5.74) is 5.38. The van der Waals surface area contributed by atoms with Gasteiger partial charge in [-0.3, -0.25) is 9.69 Å². The van der Waals surface area contributed by atoms with E-state index in [9.17, 15) is 20.1 Å². The number of nitrogens with one attached hydrogen (secondary N) is 1. The highest BCUT2D eigenvalue weighted by atomic mass is 16.5. The monoisotopic (exact) mass is 832 g/mol. The van der Waals surface area contributed by atoms with Gasteiger partial charge < -0.3 is 41.3 Å². The largest absolute Gasteiger partial charge is 0.395 e. The number of aliphatic hydroxyl groups is 5. The second kappa shape index (κ2) is 41.5. The van der Waals surface area contributed by atoms with Crippen LogP contribution < -0.4 is 11.1 Å². The van der Waals surface area contributed by atoms with Crippen LogP contribution in [-0.4, -0.2) is 105 Å². The Bertz CT molecular complexity index is 867. The summed E-state index contributed by atoms with van der Waals surface area (Å²) in [6.45, 7) is 12.9. The fraction of sp³-hybridized carbons (Fsp3) is 0.979. The van der Waals surface area contributed by atoms with Crippen LogP contribution in [0.1, 0.15) is 234 Å². The number of hydrogen-bond acceptors (Lipinski definition) is 9. The molecule has 0 aromatic carbocycles. The second-order valence-corrected chi connectivity index (χ2v) is 18.0. The number of nitrogens with two attached hydrogens (primary N) is 1. The zero-order valence-corrected chi connectivity index (χ0v) is 39.4.